The van der Waals surface area contributed by atoms with Crippen molar-refractivity contribution in [2.24, 2.45) is 0 Å². The number of rotatable bonds is 9. The average Bonchev–Trinajstić information content (AvgIpc) is 2.95. The summed E-state index contributed by atoms with van der Waals surface area (Å²) in [5.41, 5.74) is 1.83. The van der Waals surface area contributed by atoms with E-state index < -0.39 is 24.9 Å². The standard InChI is InChI=1S/C29H25BF3N3O2/c1-3-35(2)27-14-12-22(30(32)33)17-28(27)36(23-9-5-4-6-10-23)29(38)25(19-37)20-11-13-26(31)24(16-20)21-8-7-15-34-18-21/h4-19,25H,3H2,1-2H3. The molecule has 4 aromatic rings. The average molecular weight is 515 g/mol. The van der Waals surface area contributed by atoms with E-state index in [2.05, 4.69) is 4.98 Å². The minimum atomic E-state index is -2.76. The first-order chi connectivity index (χ1) is 18.3. The van der Waals surface area contributed by atoms with Crippen LogP contribution in [0.2, 0.25) is 0 Å². The van der Waals surface area contributed by atoms with E-state index in [9.17, 15) is 22.6 Å². The van der Waals surface area contributed by atoms with Gasteiger partial charge in [0, 0.05) is 42.8 Å². The van der Waals surface area contributed by atoms with Gasteiger partial charge < -0.3 is 9.69 Å². The lowest BCUT2D eigenvalue weighted by atomic mass is 9.85. The third-order valence-corrected chi connectivity index (χ3v) is 6.34. The molecule has 4 rings (SSSR count). The lowest BCUT2D eigenvalue weighted by molar-refractivity contribution is -0.123. The molecule has 5 nitrogen and oxygen atoms in total. The van der Waals surface area contributed by atoms with Crippen LogP contribution in [-0.2, 0) is 9.59 Å². The van der Waals surface area contributed by atoms with Crippen molar-refractivity contribution in [3.8, 4) is 11.1 Å². The summed E-state index contributed by atoms with van der Waals surface area (Å²) in [5.74, 6) is -2.52. The topological polar surface area (TPSA) is 53.5 Å². The molecule has 0 aliphatic carbocycles. The Bertz CT molecular complexity index is 1420. The van der Waals surface area contributed by atoms with E-state index in [-0.39, 0.29) is 22.3 Å². The maximum Gasteiger partial charge on any atom is 0.572 e. The molecule has 1 aromatic heterocycles. The number of amides is 1. The van der Waals surface area contributed by atoms with Crippen LogP contribution in [0.15, 0.2) is 91.3 Å². The van der Waals surface area contributed by atoms with E-state index in [1.54, 1.807) is 55.7 Å². The predicted molar refractivity (Wildman–Crippen MR) is 145 cm³/mol. The van der Waals surface area contributed by atoms with Crippen molar-refractivity contribution in [3.63, 3.8) is 0 Å². The fourth-order valence-electron chi connectivity index (χ4n) is 4.21. The largest absolute Gasteiger partial charge is 0.572 e. The SMILES string of the molecule is CCN(C)c1ccc(B(F)F)cc1N(C(=O)C(C=O)c1ccc(F)c(-c2cccnc2)c1)c1ccccc1. The minimum Gasteiger partial charge on any atom is -0.373 e. The van der Waals surface area contributed by atoms with E-state index in [1.807, 2.05) is 11.8 Å². The van der Waals surface area contributed by atoms with E-state index >= 15 is 0 Å². The van der Waals surface area contributed by atoms with Gasteiger partial charge in [-0.15, -0.1) is 0 Å². The van der Waals surface area contributed by atoms with Gasteiger partial charge in [-0.25, -0.2) is 4.39 Å². The van der Waals surface area contributed by atoms with Crippen LogP contribution in [0.1, 0.15) is 18.4 Å². The molecule has 1 heterocycles. The third kappa shape index (κ3) is 5.46. The number of para-hydroxylation sites is 1. The summed E-state index contributed by atoms with van der Waals surface area (Å²) in [4.78, 5) is 33.7. The molecule has 1 amide bonds. The monoisotopic (exact) mass is 515 g/mol. The lowest BCUT2D eigenvalue weighted by Crippen LogP contribution is -2.35. The molecule has 0 bridgehead atoms. The maximum atomic E-state index is 14.7. The molecule has 0 aliphatic heterocycles. The lowest BCUT2D eigenvalue weighted by Gasteiger charge is -2.31. The summed E-state index contributed by atoms with van der Waals surface area (Å²) in [6, 6.07) is 20.0. The summed E-state index contributed by atoms with van der Waals surface area (Å²) in [5, 5.41) is 0. The van der Waals surface area contributed by atoms with Crippen molar-refractivity contribution in [2.45, 2.75) is 12.8 Å². The van der Waals surface area contributed by atoms with Crippen molar-refractivity contribution in [1.82, 2.24) is 4.98 Å². The quantitative estimate of drug-likeness (QED) is 0.165. The van der Waals surface area contributed by atoms with Gasteiger partial charge in [0.05, 0.1) is 11.4 Å². The minimum absolute atomic E-state index is 0.188. The molecule has 0 aliphatic rings. The molecule has 38 heavy (non-hydrogen) atoms. The molecule has 0 saturated heterocycles. The van der Waals surface area contributed by atoms with Crippen LogP contribution in [-0.4, -0.2) is 38.0 Å². The Balaban J connectivity index is 1.88. The smallest absolute Gasteiger partial charge is 0.373 e. The van der Waals surface area contributed by atoms with Gasteiger partial charge in [0.15, 0.2) is 0 Å². The molecular formula is C29H25BF3N3O2. The number of hydrogen-bond acceptors (Lipinski definition) is 4. The number of halogens is 3. The second-order valence-corrected chi connectivity index (χ2v) is 8.67. The van der Waals surface area contributed by atoms with Gasteiger partial charge in [-0.2, -0.15) is 0 Å². The van der Waals surface area contributed by atoms with E-state index in [1.165, 1.54) is 47.5 Å². The van der Waals surface area contributed by atoms with Crippen molar-refractivity contribution in [2.75, 3.05) is 23.4 Å². The Kier molecular flexibility index (Phi) is 8.26. The molecule has 0 N–H and O–H groups in total. The van der Waals surface area contributed by atoms with Crippen molar-refractivity contribution < 1.29 is 22.6 Å². The summed E-state index contributed by atoms with van der Waals surface area (Å²) in [6.45, 7) is 2.44. The molecule has 192 valence electrons. The first-order valence-corrected chi connectivity index (χ1v) is 12.0. The zero-order chi connectivity index (χ0) is 27.2. The van der Waals surface area contributed by atoms with Crippen molar-refractivity contribution in [3.05, 3.63) is 103 Å². The fraction of sp³-hybridized carbons (Fsp3) is 0.138. The number of aldehydes is 1. The highest BCUT2D eigenvalue weighted by Crippen LogP contribution is 2.37. The number of carbonyl (C=O) groups is 2. The Hall–Kier alpha value is -4.40. The van der Waals surface area contributed by atoms with Gasteiger partial charge >= 0.3 is 7.27 Å². The van der Waals surface area contributed by atoms with Gasteiger partial charge in [0.1, 0.15) is 18.0 Å². The van der Waals surface area contributed by atoms with Gasteiger partial charge in [0.25, 0.3) is 0 Å². The molecule has 0 saturated carbocycles. The first-order valence-electron chi connectivity index (χ1n) is 12.0. The van der Waals surface area contributed by atoms with Crippen LogP contribution in [0.4, 0.5) is 30.1 Å². The molecule has 0 spiro atoms. The van der Waals surface area contributed by atoms with Gasteiger partial charge in [-0.1, -0.05) is 36.4 Å². The van der Waals surface area contributed by atoms with Crippen LogP contribution in [0.5, 0.6) is 0 Å². The zero-order valence-corrected chi connectivity index (χ0v) is 20.9. The Morgan fingerprint density at radius 2 is 1.76 bits per heavy atom. The second kappa shape index (κ2) is 11.8. The highest BCUT2D eigenvalue weighted by Gasteiger charge is 2.32. The number of aromatic nitrogens is 1. The van der Waals surface area contributed by atoms with E-state index in [4.69, 9.17) is 0 Å². The van der Waals surface area contributed by atoms with Gasteiger partial charge in [-0.05, 0) is 60.4 Å². The van der Waals surface area contributed by atoms with Gasteiger partial charge in [0.2, 0.25) is 5.91 Å². The number of nitrogens with zero attached hydrogens (tertiary/aromatic N) is 3. The number of carbonyl (C=O) groups excluding carboxylic acids is 2. The van der Waals surface area contributed by atoms with Crippen LogP contribution in [0, 0.1) is 5.82 Å². The molecule has 0 fully saturated rings. The van der Waals surface area contributed by atoms with Crippen LogP contribution < -0.4 is 15.3 Å². The number of anilines is 3. The Morgan fingerprint density at radius 1 is 1.00 bits per heavy atom. The molecule has 3 aromatic carbocycles. The van der Waals surface area contributed by atoms with Crippen LogP contribution >= 0.6 is 0 Å². The third-order valence-electron chi connectivity index (χ3n) is 6.34. The summed E-state index contributed by atoms with van der Waals surface area (Å²) >= 11 is 0. The molecule has 9 heteroatoms. The van der Waals surface area contributed by atoms with Crippen molar-refractivity contribution in [1.29, 1.82) is 0 Å². The highest BCUT2D eigenvalue weighted by atomic mass is 19.2. The first kappa shape index (κ1) is 26.7. The molecular weight excluding hydrogens is 490 g/mol. The molecule has 1 unspecified atom stereocenters. The van der Waals surface area contributed by atoms with Gasteiger partial charge in [-0.3, -0.25) is 23.3 Å². The Labute approximate surface area is 219 Å². The van der Waals surface area contributed by atoms with Crippen LogP contribution in [0.25, 0.3) is 11.1 Å². The predicted octanol–water partition coefficient (Wildman–Crippen LogP) is 5.63. The zero-order valence-electron chi connectivity index (χ0n) is 20.9. The van der Waals surface area contributed by atoms with Crippen LogP contribution in [0.3, 0.4) is 0 Å². The molecule has 0 radical (unpaired) electrons. The fourth-order valence-corrected chi connectivity index (χ4v) is 4.21. The van der Waals surface area contributed by atoms with E-state index in [0.717, 1.165) is 0 Å². The summed E-state index contributed by atoms with van der Waals surface area (Å²) < 4.78 is 42.2. The number of hydrogen-bond donors (Lipinski definition) is 0. The highest BCUT2D eigenvalue weighted by molar-refractivity contribution is 6.60. The van der Waals surface area contributed by atoms with E-state index in [0.29, 0.717) is 29.8 Å². The Morgan fingerprint density at radius 3 is 2.39 bits per heavy atom. The summed E-state index contributed by atoms with van der Waals surface area (Å²) in [7, 11) is -0.977. The number of benzene rings is 3. The normalized spacial score (nSPS) is 11.5. The number of pyridine rings is 1. The summed E-state index contributed by atoms with van der Waals surface area (Å²) in [6.07, 6.45) is 3.52. The van der Waals surface area contributed by atoms with Crippen molar-refractivity contribution >= 4 is 42.0 Å². The molecule has 1 atom stereocenters. The maximum absolute atomic E-state index is 14.7. The second-order valence-electron chi connectivity index (χ2n) is 8.67.